The minimum Gasteiger partial charge on any atom is -0.454 e. The molecule has 0 aliphatic carbocycles. The molecule has 0 bridgehead atoms. The molecule has 0 radical (unpaired) electrons. The molecule has 5 heteroatoms. The Labute approximate surface area is 156 Å². The number of esters is 1. The van der Waals surface area contributed by atoms with Gasteiger partial charge in [0.05, 0.1) is 11.3 Å². The SMILES string of the molecule is O=C(COC(=O)c1ccccc1NC(=O)c1ccccc1)c1ccccc1. The number of nitrogens with one attached hydrogen (secondary N) is 1. The molecule has 0 saturated heterocycles. The number of carbonyl (C=O) groups is 3. The largest absolute Gasteiger partial charge is 0.454 e. The predicted octanol–water partition coefficient (Wildman–Crippen LogP) is 3.98. The normalized spacial score (nSPS) is 10.1. The zero-order valence-corrected chi connectivity index (χ0v) is 14.4. The van der Waals surface area contributed by atoms with E-state index in [4.69, 9.17) is 4.74 Å². The van der Waals surface area contributed by atoms with E-state index in [2.05, 4.69) is 5.32 Å². The summed E-state index contributed by atoms with van der Waals surface area (Å²) in [4.78, 5) is 36.8. The summed E-state index contributed by atoms with van der Waals surface area (Å²) >= 11 is 0. The average Bonchev–Trinajstić information content (AvgIpc) is 2.73. The van der Waals surface area contributed by atoms with Crippen molar-refractivity contribution in [3.63, 3.8) is 0 Å². The summed E-state index contributed by atoms with van der Waals surface area (Å²) < 4.78 is 5.13. The molecule has 5 nitrogen and oxygen atoms in total. The fourth-order valence-electron chi connectivity index (χ4n) is 2.47. The summed E-state index contributed by atoms with van der Waals surface area (Å²) in [5, 5.41) is 2.70. The standard InChI is InChI=1S/C22H17NO4/c24-20(16-9-3-1-4-10-16)15-27-22(26)18-13-7-8-14-19(18)23-21(25)17-11-5-2-6-12-17/h1-14H,15H2,(H,23,25). The van der Waals surface area contributed by atoms with Crippen molar-refractivity contribution in [3.05, 3.63) is 102 Å². The van der Waals surface area contributed by atoms with E-state index in [9.17, 15) is 14.4 Å². The van der Waals surface area contributed by atoms with Crippen molar-refractivity contribution in [1.29, 1.82) is 0 Å². The number of anilines is 1. The highest BCUT2D eigenvalue weighted by Gasteiger charge is 2.17. The van der Waals surface area contributed by atoms with Crippen LogP contribution in [0.5, 0.6) is 0 Å². The van der Waals surface area contributed by atoms with Crippen molar-refractivity contribution in [1.82, 2.24) is 0 Å². The average molecular weight is 359 g/mol. The molecule has 3 aromatic rings. The van der Waals surface area contributed by atoms with Gasteiger partial charge < -0.3 is 10.1 Å². The maximum absolute atomic E-state index is 12.4. The fourth-order valence-corrected chi connectivity index (χ4v) is 2.47. The van der Waals surface area contributed by atoms with Crippen LogP contribution < -0.4 is 5.32 Å². The molecular weight excluding hydrogens is 342 g/mol. The van der Waals surface area contributed by atoms with E-state index in [0.717, 1.165) is 0 Å². The van der Waals surface area contributed by atoms with Crippen LogP contribution in [0.25, 0.3) is 0 Å². The summed E-state index contributed by atoms with van der Waals surface area (Å²) in [5.41, 5.74) is 1.45. The van der Waals surface area contributed by atoms with Crippen LogP contribution in [0.2, 0.25) is 0 Å². The van der Waals surface area contributed by atoms with E-state index in [-0.39, 0.29) is 23.9 Å². The second-order valence-electron chi connectivity index (χ2n) is 5.73. The first kappa shape index (κ1) is 18.1. The van der Waals surface area contributed by atoms with Crippen molar-refractivity contribution in [2.75, 3.05) is 11.9 Å². The Bertz CT molecular complexity index is 952. The molecule has 0 aromatic heterocycles. The maximum Gasteiger partial charge on any atom is 0.340 e. The number of benzene rings is 3. The third kappa shape index (κ3) is 4.67. The molecule has 0 atom stereocenters. The number of para-hydroxylation sites is 1. The second kappa shape index (κ2) is 8.58. The molecule has 1 amide bonds. The first-order chi connectivity index (χ1) is 13.1. The zero-order chi connectivity index (χ0) is 19.1. The lowest BCUT2D eigenvalue weighted by molar-refractivity contribution is 0.0475. The van der Waals surface area contributed by atoms with Crippen LogP contribution in [0.3, 0.4) is 0 Å². The van der Waals surface area contributed by atoms with Crippen molar-refractivity contribution in [3.8, 4) is 0 Å². The van der Waals surface area contributed by atoms with Gasteiger partial charge in [0.1, 0.15) is 0 Å². The summed E-state index contributed by atoms with van der Waals surface area (Å²) in [5.74, 6) is -1.31. The highest BCUT2D eigenvalue weighted by atomic mass is 16.5. The monoisotopic (exact) mass is 359 g/mol. The van der Waals surface area contributed by atoms with Crippen molar-refractivity contribution >= 4 is 23.3 Å². The van der Waals surface area contributed by atoms with Gasteiger partial charge in [-0.3, -0.25) is 9.59 Å². The van der Waals surface area contributed by atoms with Crippen molar-refractivity contribution in [2.45, 2.75) is 0 Å². The molecule has 0 aliphatic heterocycles. The number of hydrogen-bond acceptors (Lipinski definition) is 4. The van der Waals surface area contributed by atoms with E-state index >= 15 is 0 Å². The fraction of sp³-hybridized carbons (Fsp3) is 0.0455. The molecule has 0 heterocycles. The Hall–Kier alpha value is -3.73. The molecule has 134 valence electrons. The zero-order valence-electron chi connectivity index (χ0n) is 14.4. The van der Waals surface area contributed by atoms with Crippen LogP contribution >= 0.6 is 0 Å². The number of ketones is 1. The van der Waals surface area contributed by atoms with Gasteiger partial charge in [0, 0.05) is 11.1 Å². The third-order valence-electron chi connectivity index (χ3n) is 3.86. The third-order valence-corrected chi connectivity index (χ3v) is 3.86. The van der Waals surface area contributed by atoms with Crippen LogP contribution in [0.1, 0.15) is 31.1 Å². The molecule has 0 fully saturated rings. The van der Waals surface area contributed by atoms with E-state index in [0.29, 0.717) is 16.8 Å². The molecule has 0 unspecified atom stereocenters. The van der Waals surface area contributed by atoms with Crippen LogP contribution in [0, 0.1) is 0 Å². The molecular formula is C22H17NO4. The number of Topliss-reactive ketones (excluding diaryl/α,β-unsaturated/α-hetero) is 1. The molecule has 27 heavy (non-hydrogen) atoms. The Morgan fingerprint density at radius 2 is 1.26 bits per heavy atom. The lowest BCUT2D eigenvalue weighted by atomic mass is 10.1. The quantitative estimate of drug-likeness (QED) is 0.534. The van der Waals surface area contributed by atoms with E-state index in [1.54, 1.807) is 72.8 Å². The van der Waals surface area contributed by atoms with Crippen LogP contribution in [0.4, 0.5) is 5.69 Å². The maximum atomic E-state index is 12.4. The highest BCUT2D eigenvalue weighted by molar-refractivity contribution is 6.08. The first-order valence-electron chi connectivity index (χ1n) is 8.36. The highest BCUT2D eigenvalue weighted by Crippen LogP contribution is 2.17. The number of amides is 1. The summed E-state index contributed by atoms with van der Waals surface area (Å²) in [6.07, 6.45) is 0. The lowest BCUT2D eigenvalue weighted by Gasteiger charge is -2.11. The summed E-state index contributed by atoms with van der Waals surface area (Å²) in [7, 11) is 0. The minimum atomic E-state index is -0.678. The van der Waals surface area contributed by atoms with Gasteiger partial charge >= 0.3 is 5.97 Å². The van der Waals surface area contributed by atoms with Crippen molar-refractivity contribution < 1.29 is 19.1 Å². The van der Waals surface area contributed by atoms with Crippen LogP contribution in [-0.2, 0) is 4.74 Å². The first-order valence-corrected chi connectivity index (χ1v) is 8.36. The second-order valence-corrected chi connectivity index (χ2v) is 5.73. The van der Waals surface area contributed by atoms with Gasteiger partial charge in [-0.05, 0) is 24.3 Å². The van der Waals surface area contributed by atoms with E-state index in [1.165, 1.54) is 6.07 Å². The van der Waals surface area contributed by atoms with Gasteiger partial charge in [0.15, 0.2) is 12.4 Å². The number of ether oxygens (including phenoxy) is 1. The van der Waals surface area contributed by atoms with Gasteiger partial charge in [-0.1, -0.05) is 60.7 Å². The molecule has 0 spiro atoms. The number of carbonyl (C=O) groups excluding carboxylic acids is 3. The van der Waals surface area contributed by atoms with Crippen LogP contribution in [-0.4, -0.2) is 24.3 Å². The Morgan fingerprint density at radius 1 is 0.704 bits per heavy atom. The Morgan fingerprint density at radius 3 is 1.93 bits per heavy atom. The Balaban J connectivity index is 1.69. The summed E-state index contributed by atoms with van der Waals surface area (Å²) in [6, 6.07) is 23.8. The Kier molecular flexibility index (Phi) is 5.74. The number of hydrogen-bond donors (Lipinski definition) is 1. The molecule has 0 saturated carbocycles. The minimum absolute atomic E-state index is 0.183. The topological polar surface area (TPSA) is 72.5 Å². The van der Waals surface area contributed by atoms with Crippen molar-refractivity contribution in [2.24, 2.45) is 0 Å². The smallest absolute Gasteiger partial charge is 0.340 e. The van der Waals surface area contributed by atoms with E-state index < -0.39 is 5.97 Å². The van der Waals surface area contributed by atoms with Crippen LogP contribution in [0.15, 0.2) is 84.9 Å². The van der Waals surface area contributed by atoms with Gasteiger partial charge in [-0.2, -0.15) is 0 Å². The summed E-state index contributed by atoms with van der Waals surface area (Å²) in [6.45, 7) is -0.371. The van der Waals surface area contributed by atoms with Gasteiger partial charge in [0.2, 0.25) is 0 Å². The number of rotatable bonds is 6. The van der Waals surface area contributed by atoms with Gasteiger partial charge in [0.25, 0.3) is 5.91 Å². The lowest BCUT2D eigenvalue weighted by Crippen LogP contribution is -2.18. The molecule has 3 aromatic carbocycles. The van der Waals surface area contributed by atoms with Gasteiger partial charge in [-0.15, -0.1) is 0 Å². The molecule has 0 aliphatic rings. The van der Waals surface area contributed by atoms with Gasteiger partial charge in [-0.25, -0.2) is 4.79 Å². The van der Waals surface area contributed by atoms with E-state index in [1.807, 2.05) is 6.07 Å². The molecule has 1 N–H and O–H groups in total. The predicted molar refractivity (Wildman–Crippen MR) is 102 cm³/mol. The molecule has 3 rings (SSSR count).